The molecule has 1 nitrogen and oxygen atoms in total. The number of halogens is 5. The quantitative estimate of drug-likeness (QED) is 0.498. The fraction of sp³-hybridized carbons (Fsp3) is 0.286. The van der Waals surface area contributed by atoms with E-state index in [0.717, 1.165) is 4.88 Å². The predicted octanol–water partition coefficient (Wildman–Crippen LogP) is 4.45. The van der Waals surface area contributed by atoms with E-state index in [1.54, 1.807) is 25.3 Å². The highest BCUT2D eigenvalue weighted by molar-refractivity contribution is 7.10. The smallest absolute Gasteiger partial charge is 0.200 e. The molecule has 0 aliphatic carbocycles. The SMILES string of the molecule is CCNC(c1ccsc1C)c1c(F)c(F)c(F)c(F)c1F. The van der Waals surface area contributed by atoms with Crippen LogP contribution in [0.5, 0.6) is 0 Å². The molecule has 0 saturated carbocycles. The first kappa shape index (κ1) is 15.9. The van der Waals surface area contributed by atoms with Crippen molar-refractivity contribution in [2.75, 3.05) is 6.54 Å². The Labute approximate surface area is 122 Å². The summed E-state index contributed by atoms with van der Waals surface area (Å²) in [6.07, 6.45) is 0. The fourth-order valence-corrected chi connectivity index (χ4v) is 2.88. The van der Waals surface area contributed by atoms with Crippen molar-refractivity contribution in [1.82, 2.24) is 5.32 Å². The lowest BCUT2D eigenvalue weighted by Gasteiger charge is -2.20. The number of aryl methyl sites for hydroxylation is 1. The predicted molar refractivity (Wildman–Crippen MR) is 70.8 cm³/mol. The topological polar surface area (TPSA) is 12.0 Å². The Hall–Kier alpha value is -1.47. The van der Waals surface area contributed by atoms with Crippen LogP contribution >= 0.6 is 11.3 Å². The summed E-state index contributed by atoms with van der Waals surface area (Å²) < 4.78 is 67.7. The Balaban J connectivity index is 2.70. The van der Waals surface area contributed by atoms with Crippen molar-refractivity contribution >= 4 is 11.3 Å². The van der Waals surface area contributed by atoms with E-state index in [1.807, 2.05) is 0 Å². The third-order valence-corrected chi connectivity index (χ3v) is 4.01. The third-order valence-electron chi connectivity index (χ3n) is 3.15. The van der Waals surface area contributed by atoms with E-state index in [-0.39, 0.29) is 0 Å². The minimum Gasteiger partial charge on any atom is -0.306 e. The van der Waals surface area contributed by atoms with Gasteiger partial charge in [0.1, 0.15) is 0 Å². The van der Waals surface area contributed by atoms with Crippen LogP contribution in [0.3, 0.4) is 0 Å². The molecule has 1 unspecified atom stereocenters. The van der Waals surface area contributed by atoms with Gasteiger partial charge in [0.2, 0.25) is 5.82 Å². The van der Waals surface area contributed by atoms with Crippen LogP contribution in [0.2, 0.25) is 0 Å². The molecular weight excluding hydrogens is 309 g/mol. The Morgan fingerprint density at radius 1 is 1.00 bits per heavy atom. The fourth-order valence-electron chi connectivity index (χ4n) is 2.14. The average Bonchev–Trinajstić information content (AvgIpc) is 2.88. The maximum atomic E-state index is 13.9. The summed E-state index contributed by atoms with van der Waals surface area (Å²) in [4.78, 5) is 0.741. The lowest BCUT2D eigenvalue weighted by Crippen LogP contribution is -2.26. The molecule has 0 fully saturated rings. The molecule has 0 aliphatic rings. The first-order chi connectivity index (χ1) is 9.90. The van der Waals surface area contributed by atoms with Gasteiger partial charge >= 0.3 is 0 Å². The maximum absolute atomic E-state index is 13.9. The summed E-state index contributed by atoms with van der Waals surface area (Å²) >= 11 is 1.33. The van der Waals surface area contributed by atoms with E-state index in [2.05, 4.69) is 5.32 Å². The van der Waals surface area contributed by atoms with Crippen molar-refractivity contribution in [3.05, 3.63) is 56.5 Å². The number of nitrogens with one attached hydrogen (secondary N) is 1. The Morgan fingerprint density at radius 3 is 1.95 bits per heavy atom. The third kappa shape index (κ3) is 2.67. The van der Waals surface area contributed by atoms with Gasteiger partial charge in [-0.2, -0.15) is 0 Å². The molecule has 1 heterocycles. The highest BCUT2D eigenvalue weighted by Gasteiger charge is 2.31. The summed E-state index contributed by atoms with van der Waals surface area (Å²) in [5, 5.41) is 4.46. The van der Waals surface area contributed by atoms with Crippen molar-refractivity contribution in [3.8, 4) is 0 Å². The van der Waals surface area contributed by atoms with Gasteiger partial charge in [-0.3, -0.25) is 0 Å². The highest BCUT2D eigenvalue weighted by atomic mass is 32.1. The van der Waals surface area contributed by atoms with Gasteiger partial charge in [-0.25, -0.2) is 22.0 Å². The second-order valence-electron chi connectivity index (χ2n) is 4.41. The second kappa shape index (κ2) is 6.11. The zero-order valence-corrected chi connectivity index (χ0v) is 12.1. The molecule has 21 heavy (non-hydrogen) atoms. The minimum absolute atomic E-state index is 0.305. The van der Waals surface area contributed by atoms with Crippen molar-refractivity contribution in [3.63, 3.8) is 0 Å². The Morgan fingerprint density at radius 2 is 1.52 bits per heavy atom. The molecule has 0 amide bonds. The Kier molecular flexibility index (Phi) is 4.63. The van der Waals surface area contributed by atoms with Gasteiger partial charge in [0.15, 0.2) is 23.3 Å². The van der Waals surface area contributed by atoms with Crippen LogP contribution in [0.15, 0.2) is 11.4 Å². The normalized spacial score (nSPS) is 12.7. The van der Waals surface area contributed by atoms with Gasteiger partial charge in [-0.1, -0.05) is 6.92 Å². The first-order valence-electron chi connectivity index (χ1n) is 6.18. The average molecular weight is 321 g/mol. The highest BCUT2D eigenvalue weighted by Crippen LogP contribution is 2.34. The minimum atomic E-state index is -2.15. The lowest BCUT2D eigenvalue weighted by molar-refractivity contribution is 0.362. The monoisotopic (exact) mass is 321 g/mol. The second-order valence-corrected chi connectivity index (χ2v) is 5.53. The molecule has 7 heteroatoms. The van der Waals surface area contributed by atoms with Gasteiger partial charge < -0.3 is 5.32 Å². The van der Waals surface area contributed by atoms with E-state index in [9.17, 15) is 22.0 Å². The van der Waals surface area contributed by atoms with Crippen LogP contribution < -0.4 is 5.32 Å². The molecule has 0 radical (unpaired) electrons. The maximum Gasteiger partial charge on any atom is 0.200 e. The number of rotatable bonds is 4. The molecule has 0 spiro atoms. The zero-order valence-electron chi connectivity index (χ0n) is 11.2. The number of hydrogen-bond acceptors (Lipinski definition) is 2. The first-order valence-corrected chi connectivity index (χ1v) is 7.06. The van der Waals surface area contributed by atoms with Crippen LogP contribution in [0, 0.1) is 36.0 Å². The van der Waals surface area contributed by atoms with E-state index in [4.69, 9.17) is 0 Å². The van der Waals surface area contributed by atoms with Gasteiger partial charge in [0, 0.05) is 4.88 Å². The molecule has 1 atom stereocenters. The van der Waals surface area contributed by atoms with Gasteiger partial charge in [-0.15, -0.1) is 11.3 Å². The molecular formula is C14H12F5NS. The van der Waals surface area contributed by atoms with Crippen molar-refractivity contribution in [2.24, 2.45) is 0 Å². The number of hydrogen-bond donors (Lipinski definition) is 1. The molecule has 1 aromatic carbocycles. The van der Waals surface area contributed by atoms with Crippen molar-refractivity contribution in [2.45, 2.75) is 19.9 Å². The van der Waals surface area contributed by atoms with Crippen LogP contribution in [0.1, 0.15) is 29.0 Å². The van der Waals surface area contributed by atoms with E-state index >= 15 is 0 Å². The lowest BCUT2D eigenvalue weighted by atomic mass is 9.97. The summed E-state index contributed by atoms with van der Waals surface area (Å²) in [6, 6.07) is 0.511. The van der Waals surface area contributed by atoms with Crippen LogP contribution in [0.4, 0.5) is 22.0 Å². The van der Waals surface area contributed by atoms with E-state index < -0.39 is 40.7 Å². The summed E-state index contributed by atoms with van der Waals surface area (Å²) in [7, 11) is 0. The Bertz CT molecular complexity index is 639. The molecule has 114 valence electrons. The largest absolute Gasteiger partial charge is 0.306 e. The van der Waals surface area contributed by atoms with E-state index in [0.29, 0.717) is 12.1 Å². The zero-order chi connectivity index (χ0) is 15.7. The molecule has 2 rings (SSSR count). The molecule has 1 aromatic heterocycles. The number of thiophene rings is 1. The van der Waals surface area contributed by atoms with Crippen LogP contribution in [-0.4, -0.2) is 6.54 Å². The van der Waals surface area contributed by atoms with Gasteiger partial charge in [0.05, 0.1) is 11.6 Å². The summed E-state index contributed by atoms with van der Waals surface area (Å²) in [5.74, 6) is -9.61. The van der Waals surface area contributed by atoms with Crippen molar-refractivity contribution < 1.29 is 22.0 Å². The molecule has 2 aromatic rings. The summed E-state index contributed by atoms with van der Waals surface area (Å²) in [6.45, 7) is 3.70. The summed E-state index contributed by atoms with van der Waals surface area (Å²) in [5.41, 5.74) is -0.361. The van der Waals surface area contributed by atoms with E-state index in [1.165, 1.54) is 11.3 Å². The molecule has 0 saturated heterocycles. The number of benzene rings is 1. The van der Waals surface area contributed by atoms with Crippen LogP contribution in [0.25, 0.3) is 0 Å². The van der Waals surface area contributed by atoms with Gasteiger partial charge in [0.25, 0.3) is 0 Å². The van der Waals surface area contributed by atoms with Crippen molar-refractivity contribution in [1.29, 1.82) is 0 Å². The van der Waals surface area contributed by atoms with Gasteiger partial charge in [-0.05, 0) is 30.5 Å². The molecule has 0 bridgehead atoms. The molecule has 1 N–H and O–H groups in total. The van der Waals surface area contributed by atoms with Crippen LogP contribution in [-0.2, 0) is 0 Å². The standard InChI is InChI=1S/C14H12F5NS/c1-3-20-14(7-4-5-21-6(7)2)8-9(15)11(17)13(19)12(18)10(8)16/h4-5,14,20H,3H2,1-2H3. The molecule has 0 aliphatic heterocycles.